The van der Waals surface area contributed by atoms with Gasteiger partial charge in [-0.2, -0.15) is 0 Å². The number of hydrogen-bond acceptors (Lipinski definition) is 2. The van der Waals surface area contributed by atoms with Crippen molar-refractivity contribution < 1.29 is 19.1 Å². The van der Waals surface area contributed by atoms with Crippen LogP contribution in [0.5, 0.6) is 0 Å². The number of nitrogens with one attached hydrogen (secondary N) is 1. The van der Waals surface area contributed by atoms with Crippen LogP contribution in [0, 0.1) is 18.7 Å². The normalized spacial score (nSPS) is 18.7. The maximum absolute atomic E-state index is 13.2. The van der Waals surface area contributed by atoms with Crippen molar-refractivity contribution >= 4 is 17.7 Å². The van der Waals surface area contributed by atoms with E-state index in [1.807, 2.05) is 0 Å². The minimum atomic E-state index is -0.885. The van der Waals surface area contributed by atoms with Crippen molar-refractivity contribution in [2.24, 2.45) is 5.92 Å². The molecule has 1 aromatic carbocycles. The van der Waals surface area contributed by atoms with Crippen LogP contribution in [0.25, 0.3) is 0 Å². The third kappa shape index (κ3) is 3.26. The molecule has 0 bridgehead atoms. The van der Waals surface area contributed by atoms with Crippen molar-refractivity contribution in [3.05, 3.63) is 29.6 Å². The Morgan fingerprint density at radius 3 is 2.90 bits per heavy atom. The summed E-state index contributed by atoms with van der Waals surface area (Å²) in [4.78, 5) is 24.5. The van der Waals surface area contributed by atoms with Gasteiger partial charge >= 0.3 is 12.0 Å². The second-order valence-electron chi connectivity index (χ2n) is 5.01. The van der Waals surface area contributed by atoms with Gasteiger partial charge in [0.25, 0.3) is 0 Å². The van der Waals surface area contributed by atoms with Crippen LogP contribution in [0.4, 0.5) is 14.9 Å². The molecular weight excluding hydrogens is 263 g/mol. The van der Waals surface area contributed by atoms with Crippen LogP contribution < -0.4 is 5.32 Å². The summed E-state index contributed by atoms with van der Waals surface area (Å²) in [6.45, 7) is 2.48. The number of aliphatic carboxylic acids is 1. The number of carboxylic acids is 1. The van der Waals surface area contributed by atoms with Crippen LogP contribution in [0.15, 0.2) is 18.2 Å². The van der Waals surface area contributed by atoms with Gasteiger partial charge in [-0.15, -0.1) is 0 Å². The number of benzene rings is 1. The lowest BCUT2D eigenvalue weighted by atomic mass is 9.99. The lowest BCUT2D eigenvalue weighted by Gasteiger charge is -2.30. The molecule has 20 heavy (non-hydrogen) atoms. The lowest BCUT2D eigenvalue weighted by Crippen LogP contribution is -2.44. The van der Waals surface area contributed by atoms with E-state index in [1.54, 1.807) is 13.0 Å². The number of aryl methyl sites for hydroxylation is 1. The first-order valence-corrected chi connectivity index (χ1v) is 6.52. The molecule has 2 rings (SSSR count). The second kappa shape index (κ2) is 5.90. The Morgan fingerprint density at radius 1 is 1.45 bits per heavy atom. The summed E-state index contributed by atoms with van der Waals surface area (Å²) in [5.41, 5.74) is 1.17. The number of amides is 2. The molecule has 1 saturated heterocycles. The molecule has 0 spiro atoms. The molecule has 2 amide bonds. The van der Waals surface area contributed by atoms with E-state index in [1.165, 1.54) is 17.0 Å². The van der Waals surface area contributed by atoms with E-state index in [0.717, 1.165) is 5.56 Å². The highest BCUT2D eigenvalue weighted by Gasteiger charge is 2.28. The Kier molecular flexibility index (Phi) is 4.22. The number of carboxylic acid groups (broad SMARTS) is 1. The van der Waals surface area contributed by atoms with Gasteiger partial charge in [-0.05, 0) is 37.5 Å². The number of likely N-dealkylation sites (tertiary alicyclic amines) is 1. The predicted molar refractivity (Wildman–Crippen MR) is 72.1 cm³/mol. The highest BCUT2D eigenvalue weighted by Crippen LogP contribution is 2.20. The van der Waals surface area contributed by atoms with Gasteiger partial charge < -0.3 is 15.3 Å². The molecule has 0 aromatic heterocycles. The van der Waals surface area contributed by atoms with Gasteiger partial charge in [-0.25, -0.2) is 9.18 Å². The molecule has 5 nitrogen and oxygen atoms in total. The van der Waals surface area contributed by atoms with Gasteiger partial charge in [0.2, 0.25) is 0 Å². The van der Waals surface area contributed by atoms with Crippen LogP contribution in [0.1, 0.15) is 18.4 Å². The SMILES string of the molecule is Cc1ccc(F)cc1NC(=O)N1CCCC(C(=O)O)C1. The fourth-order valence-corrected chi connectivity index (χ4v) is 2.29. The Balaban J connectivity index is 2.04. The minimum absolute atomic E-state index is 0.190. The molecule has 1 unspecified atom stereocenters. The summed E-state index contributed by atoms with van der Waals surface area (Å²) in [5.74, 6) is -1.83. The minimum Gasteiger partial charge on any atom is -0.481 e. The van der Waals surface area contributed by atoms with Crippen LogP contribution in [-0.4, -0.2) is 35.1 Å². The van der Waals surface area contributed by atoms with Crippen molar-refractivity contribution in [3.63, 3.8) is 0 Å². The maximum Gasteiger partial charge on any atom is 0.321 e. The highest BCUT2D eigenvalue weighted by molar-refractivity contribution is 5.90. The Morgan fingerprint density at radius 2 is 2.20 bits per heavy atom. The number of piperidine rings is 1. The summed E-state index contributed by atoms with van der Waals surface area (Å²) >= 11 is 0. The number of carbonyl (C=O) groups excluding carboxylic acids is 1. The molecule has 1 heterocycles. The fraction of sp³-hybridized carbons (Fsp3) is 0.429. The first-order valence-electron chi connectivity index (χ1n) is 6.52. The van der Waals surface area contributed by atoms with Crippen LogP contribution in [0.2, 0.25) is 0 Å². The number of hydrogen-bond donors (Lipinski definition) is 2. The fourth-order valence-electron chi connectivity index (χ4n) is 2.29. The number of halogens is 1. The smallest absolute Gasteiger partial charge is 0.321 e. The van der Waals surface area contributed by atoms with Gasteiger partial charge in [-0.1, -0.05) is 6.07 Å². The van der Waals surface area contributed by atoms with Gasteiger partial charge in [0.15, 0.2) is 0 Å². The van der Waals surface area contributed by atoms with Crippen molar-refractivity contribution in [2.75, 3.05) is 18.4 Å². The van der Waals surface area contributed by atoms with E-state index < -0.39 is 17.7 Å². The molecule has 1 atom stereocenters. The summed E-state index contributed by atoms with van der Waals surface area (Å²) in [6.07, 6.45) is 1.24. The largest absolute Gasteiger partial charge is 0.481 e. The zero-order valence-electron chi connectivity index (χ0n) is 11.2. The van der Waals surface area contributed by atoms with E-state index in [4.69, 9.17) is 5.11 Å². The Hall–Kier alpha value is -2.11. The lowest BCUT2D eigenvalue weighted by molar-refractivity contribution is -0.143. The first-order chi connectivity index (χ1) is 9.47. The maximum atomic E-state index is 13.2. The number of nitrogens with zero attached hydrogens (tertiary/aromatic N) is 1. The molecule has 1 fully saturated rings. The molecule has 1 aliphatic rings. The summed E-state index contributed by atoms with van der Waals surface area (Å²) < 4.78 is 13.2. The standard InChI is InChI=1S/C14H17FN2O3/c1-9-4-5-11(15)7-12(9)16-14(20)17-6-2-3-10(8-17)13(18)19/h4-5,7,10H,2-3,6,8H2,1H3,(H,16,20)(H,18,19). The van der Waals surface area contributed by atoms with Gasteiger partial charge in [0.05, 0.1) is 5.92 Å². The van der Waals surface area contributed by atoms with E-state index in [-0.39, 0.29) is 12.6 Å². The number of carbonyl (C=O) groups is 2. The van der Waals surface area contributed by atoms with E-state index in [2.05, 4.69) is 5.32 Å². The van der Waals surface area contributed by atoms with Gasteiger partial charge in [0, 0.05) is 18.8 Å². The van der Waals surface area contributed by atoms with Crippen molar-refractivity contribution in [3.8, 4) is 0 Å². The zero-order chi connectivity index (χ0) is 14.7. The number of rotatable bonds is 2. The topological polar surface area (TPSA) is 69.6 Å². The van der Waals surface area contributed by atoms with Crippen molar-refractivity contribution in [1.82, 2.24) is 4.90 Å². The van der Waals surface area contributed by atoms with Gasteiger partial charge in [-0.3, -0.25) is 4.79 Å². The Bertz CT molecular complexity index is 533. The van der Waals surface area contributed by atoms with Crippen LogP contribution >= 0.6 is 0 Å². The monoisotopic (exact) mass is 280 g/mol. The summed E-state index contributed by atoms with van der Waals surface area (Å²) in [5, 5.41) is 11.6. The van der Waals surface area contributed by atoms with E-state index in [0.29, 0.717) is 25.1 Å². The zero-order valence-corrected chi connectivity index (χ0v) is 11.2. The van der Waals surface area contributed by atoms with Crippen molar-refractivity contribution in [1.29, 1.82) is 0 Å². The second-order valence-corrected chi connectivity index (χ2v) is 5.01. The van der Waals surface area contributed by atoms with Crippen LogP contribution in [-0.2, 0) is 4.79 Å². The van der Waals surface area contributed by atoms with Gasteiger partial charge in [0.1, 0.15) is 5.82 Å². The average molecular weight is 280 g/mol. The molecule has 2 N–H and O–H groups in total. The molecule has 6 heteroatoms. The molecule has 0 radical (unpaired) electrons. The van der Waals surface area contributed by atoms with E-state index in [9.17, 15) is 14.0 Å². The highest BCUT2D eigenvalue weighted by atomic mass is 19.1. The van der Waals surface area contributed by atoms with Crippen LogP contribution in [0.3, 0.4) is 0 Å². The van der Waals surface area contributed by atoms with E-state index >= 15 is 0 Å². The summed E-state index contributed by atoms with van der Waals surface area (Å²) in [7, 11) is 0. The Labute approximate surface area is 116 Å². The quantitative estimate of drug-likeness (QED) is 0.874. The summed E-state index contributed by atoms with van der Waals surface area (Å²) in [6, 6.07) is 3.78. The average Bonchev–Trinajstić information content (AvgIpc) is 2.43. The molecule has 0 aliphatic carbocycles. The molecule has 1 aliphatic heterocycles. The number of anilines is 1. The third-order valence-corrected chi connectivity index (χ3v) is 3.50. The number of urea groups is 1. The molecule has 108 valence electrons. The predicted octanol–water partition coefficient (Wildman–Crippen LogP) is 2.46. The van der Waals surface area contributed by atoms with Crippen molar-refractivity contribution in [2.45, 2.75) is 19.8 Å². The third-order valence-electron chi connectivity index (χ3n) is 3.50. The molecule has 1 aromatic rings. The first kappa shape index (κ1) is 14.3. The molecular formula is C14H17FN2O3. The molecule has 0 saturated carbocycles.